The van der Waals surface area contributed by atoms with Crippen molar-refractivity contribution >= 4 is 10.0 Å². The molecule has 1 aromatic rings. The molecule has 5 nitrogen and oxygen atoms in total. The Morgan fingerprint density at radius 3 is 2.79 bits per heavy atom. The fourth-order valence-electron chi connectivity index (χ4n) is 1.61. The standard InChI is InChI=1S/C13H22N2O3S/c1-3-14-8-5-9-19(16,17)15-11-12-6-4-7-13(10-12)18-2/h4,6-7,10,14-15H,3,5,8-9,11H2,1-2H3. The molecular weight excluding hydrogens is 264 g/mol. The van der Waals surface area contributed by atoms with E-state index in [0.717, 1.165) is 24.4 Å². The molecule has 1 rings (SSSR count). The van der Waals surface area contributed by atoms with Crippen LogP contribution in [0.25, 0.3) is 0 Å². The molecule has 0 amide bonds. The number of nitrogens with one attached hydrogen (secondary N) is 2. The number of methoxy groups -OCH3 is 1. The van der Waals surface area contributed by atoms with E-state index >= 15 is 0 Å². The van der Waals surface area contributed by atoms with E-state index in [1.54, 1.807) is 7.11 Å². The molecule has 0 heterocycles. The summed E-state index contributed by atoms with van der Waals surface area (Å²) in [6.07, 6.45) is 0.612. The molecule has 0 aliphatic carbocycles. The van der Waals surface area contributed by atoms with Crippen LogP contribution in [0.3, 0.4) is 0 Å². The van der Waals surface area contributed by atoms with E-state index in [1.807, 2.05) is 31.2 Å². The molecule has 19 heavy (non-hydrogen) atoms. The van der Waals surface area contributed by atoms with Crippen LogP contribution in [0.4, 0.5) is 0 Å². The number of sulfonamides is 1. The molecular formula is C13H22N2O3S. The highest BCUT2D eigenvalue weighted by atomic mass is 32.2. The van der Waals surface area contributed by atoms with Crippen LogP contribution < -0.4 is 14.8 Å². The number of hydrogen-bond donors (Lipinski definition) is 2. The average Bonchev–Trinajstić information content (AvgIpc) is 2.42. The summed E-state index contributed by atoms with van der Waals surface area (Å²) in [6.45, 7) is 3.87. The third-order valence-corrected chi connectivity index (χ3v) is 4.06. The molecule has 0 bridgehead atoms. The smallest absolute Gasteiger partial charge is 0.211 e. The zero-order chi connectivity index (χ0) is 14.1. The van der Waals surface area contributed by atoms with Crippen molar-refractivity contribution < 1.29 is 13.2 Å². The first-order chi connectivity index (χ1) is 9.07. The Morgan fingerprint density at radius 2 is 2.11 bits per heavy atom. The molecule has 0 radical (unpaired) electrons. The minimum absolute atomic E-state index is 0.143. The van der Waals surface area contributed by atoms with Crippen LogP contribution in [-0.4, -0.2) is 34.4 Å². The van der Waals surface area contributed by atoms with Crippen LogP contribution in [0.15, 0.2) is 24.3 Å². The predicted molar refractivity (Wildman–Crippen MR) is 76.8 cm³/mol. The summed E-state index contributed by atoms with van der Waals surface area (Å²) in [5.41, 5.74) is 0.884. The summed E-state index contributed by atoms with van der Waals surface area (Å²) in [5, 5.41) is 3.10. The van der Waals surface area contributed by atoms with Gasteiger partial charge >= 0.3 is 0 Å². The van der Waals surface area contributed by atoms with Crippen molar-refractivity contribution in [1.29, 1.82) is 0 Å². The van der Waals surface area contributed by atoms with E-state index in [-0.39, 0.29) is 5.75 Å². The highest BCUT2D eigenvalue weighted by Gasteiger charge is 2.09. The quantitative estimate of drug-likeness (QED) is 0.667. The van der Waals surface area contributed by atoms with Gasteiger partial charge in [0, 0.05) is 6.54 Å². The van der Waals surface area contributed by atoms with Gasteiger partial charge in [-0.2, -0.15) is 0 Å². The molecule has 0 fully saturated rings. The lowest BCUT2D eigenvalue weighted by Gasteiger charge is -2.08. The fourth-order valence-corrected chi connectivity index (χ4v) is 2.67. The minimum Gasteiger partial charge on any atom is -0.497 e. The van der Waals surface area contributed by atoms with Crippen molar-refractivity contribution in [2.75, 3.05) is 26.0 Å². The van der Waals surface area contributed by atoms with Gasteiger partial charge in [0.25, 0.3) is 0 Å². The van der Waals surface area contributed by atoms with Crippen LogP contribution >= 0.6 is 0 Å². The van der Waals surface area contributed by atoms with Crippen molar-refractivity contribution in [2.24, 2.45) is 0 Å². The Labute approximate surface area is 115 Å². The van der Waals surface area contributed by atoms with Crippen molar-refractivity contribution in [3.63, 3.8) is 0 Å². The summed E-state index contributed by atoms with van der Waals surface area (Å²) in [5.74, 6) is 0.869. The molecule has 0 spiro atoms. The van der Waals surface area contributed by atoms with Crippen LogP contribution in [-0.2, 0) is 16.6 Å². The van der Waals surface area contributed by atoms with Crippen molar-refractivity contribution in [2.45, 2.75) is 19.9 Å². The SMILES string of the molecule is CCNCCCS(=O)(=O)NCc1cccc(OC)c1. The van der Waals surface area contributed by atoms with Crippen LogP contribution in [0.2, 0.25) is 0 Å². The first-order valence-corrected chi connectivity index (χ1v) is 8.03. The Balaban J connectivity index is 2.41. The van der Waals surface area contributed by atoms with Crippen molar-refractivity contribution in [1.82, 2.24) is 10.0 Å². The van der Waals surface area contributed by atoms with E-state index in [4.69, 9.17) is 4.74 Å². The maximum absolute atomic E-state index is 11.8. The number of ether oxygens (including phenoxy) is 1. The van der Waals surface area contributed by atoms with Gasteiger partial charge in [-0.15, -0.1) is 0 Å². The van der Waals surface area contributed by atoms with Gasteiger partial charge in [0.2, 0.25) is 10.0 Å². The number of hydrogen-bond acceptors (Lipinski definition) is 4. The topological polar surface area (TPSA) is 67.4 Å². The van der Waals surface area contributed by atoms with E-state index < -0.39 is 10.0 Å². The summed E-state index contributed by atoms with van der Waals surface area (Å²) in [6, 6.07) is 7.35. The monoisotopic (exact) mass is 286 g/mol. The lowest BCUT2D eigenvalue weighted by atomic mass is 10.2. The number of rotatable bonds is 9. The molecule has 6 heteroatoms. The zero-order valence-corrected chi connectivity index (χ0v) is 12.3. The normalized spacial score (nSPS) is 11.5. The Bertz CT molecular complexity index is 475. The second kappa shape index (κ2) is 8.14. The molecule has 1 aromatic carbocycles. The Hall–Kier alpha value is -1.11. The van der Waals surface area contributed by atoms with Crippen molar-refractivity contribution in [3.05, 3.63) is 29.8 Å². The van der Waals surface area contributed by atoms with E-state index in [1.165, 1.54) is 0 Å². The highest BCUT2D eigenvalue weighted by Crippen LogP contribution is 2.12. The summed E-state index contributed by atoms with van der Waals surface area (Å²) in [7, 11) is -1.62. The Kier molecular flexibility index (Phi) is 6.83. The summed E-state index contributed by atoms with van der Waals surface area (Å²) >= 11 is 0. The van der Waals surface area contributed by atoms with E-state index in [9.17, 15) is 8.42 Å². The lowest BCUT2D eigenvalue weighted by molar-refractivity contribution is 0.414. The second-order valence-corrected chi connectivity index (χ2v) is 6.13. The fraction of sp³-hybridized carbons (Fsp3) is 0.538. The third-order valence-electron chi connectivity index (χ3n) is 2.65. The van der Waals surface area contributed by atoms with Gasteiger partial charge in [-0.25, -0.2) is 13.1 Å². The molecule has 0 saturated heterocycles. The van der Waals surface area contributed by atoms with Gasteiger partial charge in [-0.3, -0.25) is 0 Å². The molecule has 108 valence electrons. The first-order valence-electron chi connectivity index (χ1n) is 6.38. The predicted octanol–water partition coefficient (Wildman–Crippen LogP) is 1.11. The van der Waals surface area contributed by atoms with Crippen LogP contribution in [0, 0.1) is 0 Å². The van der Waals surface area contributed by atoms with Gasteiger partial charge < -0.3 is 10.1 Å². The van der Waals surface area contributed by atoms with Gasteiger partial charge in [-0.1, -0.05) is 19.1 Å². The van der Waals surface area contributed by atoms with Gasteiger partial charge in [-0.05, 0) is 37.2 Å². The Morgan fingerprint density at radius 1 is 1.32 bits per heavy atom. The highest BCUT2D eigenvalue weighted by molar-refractivity contribution is 7.89. The van der Waals surface area contributed by atoms with E-state index in [0.29, 0.717) is 13.0 Å². The van der Waals surface area contributed by atoms with Crippen LogP contribution in [0.5, 0.6) is 5.75 Å². The minimum atomic E-state index is -3.21. The first kappa shape index (κ1) is 15.9. The van der Waals surface area contributed by atoms with Gasteiger partial charge in [0.1, 0.15) is 5.75 Å². The zero-order valence-electron chi connectivity index (χ0n) is 11.5. The maximum Gasteiger partial charge on any atom is 0.211 e. The van der Waals surface area contributed by atoms with Crippen LogP contribution in [0.1, 0.15) is 18.9 Å². The molecule has 0 aromatic heterocycles. The molecule has 0 atom stereocenters. The molecule has 0 unspecified atom stereocenters. The van der Waals surface area contributed by atoms with Gasteiger partial charge in [0.15, 0.2) is 0 Å². The summed E-state index contributed by atoms with van der Waals surface area (Å²) < 4.78 is 31.2. The average molecular weight is 286 g/mol. The van der Waals surface area contributed by atoms with Gasteiger partial charge in [0.05, 0.1) is 12.9 Å². The molecule has 2 N–H and O–H groups in total. The molecule has 0 saturated carbocycles. The maximum atomic E-state index is 11.8. The summed E-state index contributed by atoms with van der Waals surface area (Å²) in [4.78, 5) is 0. The lowest BCUT2D eigenvalue weighted by Crippen LogP contribution is -2.28. The van der Waals surface area contributed by atoms with Crippen molar-refractivity contribution in [3.8, 4) is 5.75 Å². The molecule has 0 aliphatic rings. The van der Waals surface area contributed by atoms with E-state index in [2.05, 4.69) is 10.0 Å². The largest absolute Gasteiger partial charge is 0.497 e. The number of benzene rings is 1. The molecule has 0 aliphatic heterocycles. The second-order valence-electron chi connectivity index (χ2n) is 4.20. The third kappa shape index (κ3) is 6.56.